The lowest BCUT2D eigenvalue weighted by atomic mass is 10.1. The molecule has 0 aliphatic rings. The van der Waals surface area contributed by atoms with Crippen molar-refractivity contribution in [3.05, 3.63) is 53.3 Å². The number of carbonyl (C=O) groups is 2. The van der Waals surface area contributed by atoms with E-state index in [1.165, 1.54) is 36.2 Å². The van der Waals surface area contributed by atoms with Crippen LogP contribution in [0.5, 0.6) is 0 Å². The minimum absolute atomic E-state index is 0.0567. The van der Waals surface area contributed by atoms with Gasteiger partial charge in [0.2, 0.25) is 0 Å². The Morgan fingerprint density at radius 2 is 1.93 bits per heavy atom. The second-order valence-electron chi connectivity index (χ2n) is 5.92. The number of nitrogens with one attached hydrogen (secondary N) is 1. The number of nitrogen functional groups attached to an aromatic ring is 1. The Labute approximate surface area is 165 Å². The molecule has 144 valence electrons. The Bertz CT molecular complexity index is 987. The van der Waals surface area contributed by atoms with Crippen LogP contribution in [0.4, 0.5) is 10.9 Å². The smallest absolute Gasteiger partial charge is 0.361 e. The van der Waals surface area contributed by atoms with Crippen molar-refractivity contribution in [2.75, 3.05) is 11.1 Å². The highest BCUT2D eigenvalue weighted by Gasteiger charge is 2.22. The number of esters is 1. The highest BCUT2D eigenvalue weighted by atomic mass is 32.1. The van der Waals surface area contributed by atoms with Crippen molar-refractivity contribution in [3.8, 4) is 11.3 Å². The van der Waals surface area contributed by atoms with Crippen LogP contribution in [-0.4, -0.2) is 32.9 Å². The highest BCUT2D eigenvalue weighted by molar-refractivity contribution is 7.14. The first-order valence-corrected chi connectivity index (χ1v) is 9.49. The van der Waals surface area contributed by atoms with Crippen molar-refractivity contribution in [2.45, 2.75) is 26.4 Å². The summed E-state index contributed by atoms with van der Waals surface area (Å²) in [5.74, 6) is -1.37. The summed E-state index contributed by atoms with van der Waals surface area (Å²) in [7, 11) is 0. The lowest BCUT2D eigenvalue weighted by molar-refractivity contribution is -0.123. The van der Waals surface area contributed by atoms with Crippen LogP contribution in [0.25, 0.3) is 11.3 Å². The third kappa shape index (κ3) is 4.49. The fraction of sp³-hybridized carbons (Fsp3) is 0.211. The number of aromatic nitrogens is 3. The summed E-state index contributed by atoms with van der Waals surface area (Å²) >= 11 is 1.29. The molecular weight excluding hydrogens is 378 g/mol. The summed E-state index contributed by atoms with van der Waals surface area (Å²) in [5.41, 5.74) is 8.43. The number of hydrogen-bond donors (Lipinski definition) is 2. The number of rotatable bonds is 6. The Hall–Kier alpha value is -3.33. The van der Waals surface area contributed by atoms with Gasteiger partial charge in [-0.15, -0.1) is 11.3 Å². The Morgan fingerprint density at radius 3 is 2.61 bits per heavy atom. The standard InChI is InChI=1S/C19H19N5O3S/c1-3-12-4-6-13(7-5-12)14-10-28-19(23-14)24-17(25)11(2)27-18(26)15-16(20)22-9-8-21-15/h4-11H,3H2,1-2H3,(H2,20,22)(H,23,24,25)/t11-/m0/s1. The first-order chi connectivity index (χ1) is 13.5. The Kier molecular flexibility index (Phi) is 5.95. The molecule has 0 aliphatic heterocycles. The number of nitrogens with two attached hydrogens (primary N) is 1. The monoisotopic (exact) mass is 397 g/mol. The van der Waals surface area contributed by atoms with Crippen LogP contribution < -0.4 is 11.1 Å². The topological polar surface area (TPSA) is 120 Å². The van der Waals surface area contributed by atoms with Gasteiger partial charge in [-0.1, -0.05) is 31.2 Å². The number of amides is 1. The third-order valence-electron chi connectivity index (χ3n) is 3.97. The number of benzene rings is 1. The molecule has 0 bridgehead atoms. The average molecular weight is 397 g/mol. The van der Waals surface area contributed by atoms with Gasteiger partial charge in [0.05, 0.1) is 5.69 Å². The van der Waals surface area contributed by atoms with E-state index >= 15 is 0 Å². The molecule has 1 aromatic carbocycles. The predicted molar refractivity (Wildman–Crippen MR) is 107 cm³/mol. The Morgan fingerprint density at radius 1 is 1.21 bits per heavy atom. The van der Waals surface area contributed by atoms with Crippen molar-refractivity contribution in [3.63, 3.8) is 0 Å². The van der Waals surface area contributed by atoms with Gasteiger partial charge < -0.3 is 10.5 Å². The molecular formula is C19H19N5O3S. The molecule has 0 saturated carbocycles. The maximum absolute atomic E-state index is 12.3. The molecule has 28 heavy (non-hydrogen) atoms. The predicted octanol–water partition coefficient (Wildman–Crippen LogP) is 2.93. The molecule has 0 aliphatic carbocycles. The van der Waals surface area contributed by atoms with E-state index in [2.05, 4.69) is 27.2 Å². The average Bonchev–Trinajstić information content (AvgIpc) is 3.16. The second-order valence-corrected chi connectivity index (χ2v) is 6.77. The number of thiazole rings is 1. The molecule has 2 aromatic heterocycles. The maximum atomic E-state index is 12.3. The zero-order valence-electron chi connectivity index (χ0n) is 15.4. The van der Waals surface area contributed by atoms with E-state index in [-0.39, 0.29) is 11.5 Å². The summed E-state index contributed by atoms with van der Waals surface area (Å²) in [6.45, 7) is 3.55. The van der Waals surface area contributed by atoms with Gasteiger partial charge in [0.25, 0.3) is 5.91 Å². The van der Waals surface area contributed by atoms with Crippen LogP contribution in [0.2, 0.25) is 0 Å². The first-order valence-electron chi connectivity index (χ1n) is 8.61. The molecule has 9 heteroatoms. The van der Waals surface area contributed by atoms with Crippen molar-refractivity contribution < 1.29 is 14.3 Å². The maximum Gasteiger partial charge on any atom is 0.361 e. The van der Waals surface area contributed by atoms with E-state index in [9.17, 15) is 9.59 Å². The molecule has 0 saturated heterocycles. The molecule has 1 amide bonds. The largest absolute Gasteiger partial charge is 0.448 e. The lowest BCUT2D eigenvalue weighted by Gasteiger charge is -2.12. The van der Waals surface area contributed by atoms with E-state index in [1.807, 2.05) is 29.6 Å². The molecule has 0 spiro atoms. The summed E-state index contributed by atoms with van der Waals surface area (Å²) in [6, 6.07) is 8.09. The van der Waals surface area contributed by atoms with Crippen molar-refractivity contribution >= 4 is 34.2 Å². The lowest BCUT2D eigenvalue weighted by Crippen LogP contribution is -2.30. The fourth-order valence-corrected chi connectivity index (χ4v) is 3.08. The summed E-state index contributed by atoms with van der Waals surface area (Å²) in [5, 5.41) is 4.92. The van der Waals surface area contributed by atoms with Crippen LogP contribution >= 0.6 is 11.3 Å². The number of carbonyl (C=O) groups excluding carboxylic acids is 2. The minimum Gasteiger partial charge on any atom is -0.448 e. The van der Waals surface area contributed by atoms with Crippen LogP contribution in [0, 0.1) is 0 Å². The quantitative estimate of drug-likeness (QED) is 0.614. The normalized spacial score (nSPS) is 11.6. The van der Waals surface area contributed by atoms with E-state index < -0.39 is 18.0 Å². The van der Waals surface area contributed by atoms with Crippen LogP contribution in [0.3, 0.4) is 0 Å². The van der Waals surface area contributed by atoms with Gasteiger partial charge in [-0.05, 0) is 18.9 Å². The second kappa shape index (κ2) is 8.57. The molecule has 0 radical (unpaired) electrons. The molecule has 3 rings (SSSR count). The molecule has 3 aromatic rings. The van der Waals surface area contributed by atoms with Crippen LogP contribution in [-0.2, 0) is 16.0 Å². The van der Waals surface area contributed by atoms with Gasteiger partial charge in [0.1, 0.15) is 0 Å². The number of aryl methyl sites for hydroxylation is 1. The highest BCUT2D eigenvalue weighted by Crippen LogP contribution is 2.25. The van der Waals surface area contributed by atoms with Gasteiger partial charge >= 0.3 is 5.97 Å². The molecule has 0 fully saturated rings. The van der Waals surface area contributed by atoms with Gasteiger partial charge in [0, 0.05) is 23.3 Å². The Balaban J connectivity index is 1.62. The van der Waals surface area contributed by atoms with E-state index in [0.29, 0.717) is 5.13 Å². The molecule has 0 unspecified atom stereocenters. The van der Waals surface area contributed by atoms with E-state index in [1.54, 1.807) is 0 Å². The number of anilines is 2. The van der Waals surface area contributed by atoms with Crippen molar-refractivity contribution in [1.29, 1.82) is 0 Å². The molecule has 2 heterocycles. The van der Waals surface area contributed by atoms with Gasteiger partial charge in [-0.3, -0.25) is 10.1 Å². The summed E-state index contributed by atoms with van der Waals surface area (Å²) in [6.07, 6.45) is 2.60. The van der Waals surface area contributed by atoms with Gasteiger partial charge in [-0.2, -0.15) is 0 Å². The molecule has 1 atom stereocenters. The number of ether oxygens (including phenoxy) is 1. The third-order valence-corrected chi connectivity index (χ3v) is 4.72. The van der Waals surface area contributed by atoms with E-state index in [0.717, 1.165) is 17.7 Å². The summed E-state index contributed by atoms with van der Waals surface area (Å²) < 4.78 is 5.11. The SMILES string of the molecule is CCc1ccc(-c2csc(NC(=O)[C@H](C)OC(=O)c3nccnc3N)n2)cc1. The minimum atomic E-state index is -1.05. The van der Waals surface area contributed by atoms with Crippen LogP contribution in [0.15, 0.2) is 42.0 Å². The van der Waals surface area contributed by atoms with Crippen molar-refractivity contribution in [1.82, 2.24) is 15.0 Å². The first kappa shape index (κ1) is 19.4. The number of nitrogens with zero attached hydrogens (tertiary/aromatic N) is 3. The van der Waals surface area contributed by atoms with Gasteiger partial charge in [-0.25, -0.2) is 19.7 Å². The molecule has 8 nitrogen and oxygen atoms in total. The molecule has 3 N–H and O–H groups in total. The van der Waals surface area contributed by atoms with E-state index in [4.69, 9.17) is 10.5 Å². The fourth-order valence-electron chi connectivity index (χ4n) is 2.36. The van der Waals surface area contributed by atoms with Gasteiger partial charge in [0.15, 0.2) is 22.7 Å². The van der Waals surface area contributed by atoms with Crippen molar-refractivity contribution in [2.24, 2.45) is 0 Å². The zero-order valence-corrected chi connectivity index (χ0v) is 16.2. The number of hydrogen-bond acceptors (Lipinski definition) is 8. The summed E-state index contributed by atoms with van der Waals surface area (Å²) in [4.78, 5) is 36.4. The zero-order chi connectivity index (χ0) is 20.1. The van der Waals surface area contributed by atoms with Crippen LogP contribution in [0.1, 0.15) is 29.9 Å².